The fraction of sp³-hybridized carbons (Fsp3) is 0.364. The van der Waals surface area contributed by atoms with Crippen LogP contribution in [0.5, 0.6) is 5.75 Å². The summed E-state index contributed by atoms with van der Waals surface area (Å²) in [6.45, 7) is 3.12. The third-order valence-corrected chi connectivity index (χ3v) is 4.93. The number of hydrogen-bond donors (Lipinski definition) is 3. The van der Waals surface area contributed by atoms with Gasteiger partial charge in [-0.3, -0.25) is 9.59 Å². The maximum absolute atomic E-state index is 12.4. The highest BCUT2D eigenvalue weighted by atomic mass is 19.3. The molecule has 0 saturated carbocycles. The molecule has 6 nitrogen and oxygen atoms in total. The van der Waals surface area contributed by atoms with Gasteiger partial charge in [-0.25, -0.2) is 0 Å². The van der Waals surface area contributed by atoms with Crippen LogP contribution in [0.4, 0.5) is 14.5 Å². The van der Waals surface area contributed by atoms with Gasteiger partial charge in [0.1, 0.15) is 12.3 Å². The fourth-order valence-corrected chi connectivity index (χ4v) is 3.00. The second-order valence-corrected chi connectivity index (χ2v) is 7.30. The lowest BCUT2D eigenvalue weighted by atomic mass is 10.1. The van der Waals surface area contributed by atoms with Crippen LogP contribution in [-0.4, -0.2) is 38.1 Å². The Morgan fingerprint density at radius 3 is 2.23 bits per heavy atom. The summed E-state index contributed by atoms with van der Waals surface area (Å²) in [4.78, 5) is 25.5. The van der Waals surface area contributed by atoms with E-state index in [0.717, 1.165) is 27.3 Å². The molecule has 0 fully saturated rings. The number of nitrogens with one attached hydrogen (secondary N) is 3. The van der Waals surface area contributed by atoms with Crippen molar-refractivity contribution in [3.8, 4) is 5.75 Å². The summed E-state index contributed by atoms with van der Waals surface area (Å²) >= 11 is 0. The van der Waals surface area contributed by atoms with Crippen molar-refractivity contribution in [3.63, 3.8) is 0 Å². The molecule has 2 amide bonds. The summed E-state index contributed by atoms with van der Waals surface area (Å²) in [5, 5.41) is 5.50. The van der Waals surface area contributed by atoms with E-state index in [4.69, 9.17) is 0 Å². The molecule has 0 saturated heterocycles. The first-order valence-electron chi connectivity index (χ1n) is 9.67. The van der Waals surface area contributed by atoms with Crippen LogP contribution in [0.15, 0.2) is 42.5 Å². The van der Waals surface area contributed by atoms with Crippen molar-refractivity contribution in [1.29, 1.82) is 0 Å². The summed E-state index contributed by atoms with van der Waals surface area (Å²) in [7, 11) is 1.85. The fourth-order valence-electron chi connectivity index (χ4n) is 3.00. The Morgan fingerprint density at radius 1 is 1.07 bits per heavy atom. The zero-order valence-electron chi connectivity index (χ0n) is 17.6. The molecule has 0 aliphatic heterocycles. The summed E-state index contributed by atoms with van der Waals surface area (Å²) in [5.41, 5.74) is 3.54. The van der Waals surface area contributed by atoms with E-state index in [2.05, 4.69) is 15.4 Å². The van der Waals surface area contributed by atoms with Crippen LogP contribution in [0, 0.1) is 13.8 Å². The minimum absolute atomic E-state index is 0.0899. The van der Waals surface area contributed by atoms with E-state index >= 15 is 0 Å². The minimum atomic E-state index is -2.86. The topological polar surface area (TPSA) is 71.9 Å². The number of carbonyl (C=O) groups is 2. The van der Waals surface area contributed by atoms with E-state index < -0.39 is 12.7 Å². The number of hydrogen-bond acceptors (Lipinski definition) is 3. The highest BCUT2D eigenvalue weighted by Crippen LogP contribution is 2.19. The Labute approximate surface area is 175 Å². The van der Waals surface area contributed by atoms with Gasteiger partial charge in [0.2, 0.25) is 5.91 Å². The number of alkyl halides is 2. The second kappa shape index (κ2) is 10.7. The standard InChI is InChI=1S/C22H27F2N3O3/c1-14-6-5-7-15(2)20(14)26-19(28)12-25-21(29)16(3)27(4)13-17-8-10-18(11-9-17)30-22(23)24/h5-11,16,22H,12-13H2,1-4H3,(H,25,29)(H,26,28)/p+1/t16-/m0/s1. The Morgan fingerprint density at radius 2 is 1.67 bits per heavy atom. The van der Waals surface area contributed by atoms with Crippen molar-refractivity contribution in [1.82, 2.24) is 5.32 Å². The molecule has 2 atom stereocenters. The van der Waals surface area contributed by atoms with E-state index in [1.165, 1.54) is 12.1 Å². The molecule has 0 radical (unpaired) electrons. The first-order valence-corrected chi connectivity index (χ1v) is 9.67. The number of carbonyl (C=O) groups excluding carboxylic acids is 2. The average Bonchev–Trinajstić information content (AvgIpc) is 2.69. The Bertz CT molecular complexity index is 852. The van der Waals surface area contributed by atoms with Crippen molar-refractivity contribution >= 4 is 17.5 Å². The monoisotopic (exact) mass is 420 g/mol. The van der Waals surface area contributed by atoms with Crippen molar-refractivity contribution in [2.75, 3.05) is 18.9 Å². The van der Waals surface area contributed by atoms with E-state index in [-0.39, 0.29) is 24.1 Å². The zero-order chi connectivity index (χ0) is 22.3. The predicted molar refractivity (Wildman–Crippen MR) is 111 cm³/mol. The van der Waals surface area contributed by atoms with Crippen molar-refractivity contribution in [3.05, 3.63) is 59.2 Å². The van der Waals surface area contributed by atoms with Crippen LogP contribution in [0.3, 0.4) is 0 Å². The quantitative estimate of drug-likeness (QED) is 0.582. The number of halogens is 2. The van der Waals surface area contributed by atoms with Gasteiger partial charge in [-0.05, 0) is 56.2 Å². The highest BCUT2D eigenvalue weighted by Gasteiger charge is 2.22. The van der Waals surface area contributed by atoms with E-state index in [1.807, 2.05) is 39.1 Å². The average molecular weight is 420 g/mol. The molecule has 8 heteroatoms. The van der Waals surface area contributed by atoms with Gasteiger partial charge in [0.15, 0.2) is 6.04 Å². The maximum Gasteiger partial charge on any atom is 0.387 e. The number of aryl methyl sites for hydroxylation is 2. The Hall–Kier alpha value is -3.00. The van der Waals surface area contributed by atoms with Crippen LogP contribution in [0.1, 0.15) is 23.6 Å². The molecule has 0 aliphatic carbocycles. The third kappa shape index (κ3) is 6.81. The van der Waals surface area contributed by atoms with Gasteiger partial charge >= 0.3 is 6.61 Å². The van der Waals surface area contributed by atoms with Crippen LogP contribution < -0.4 is 20.3 Å². The lowest BCUT2D eigenvalue weighted by Crippen LogP contribution is -3.12. The molecular weight excluding hydrogens is 392 g/mol. The van der Waals surface area contributed by atoms with Gasteiger partial charge in [0.25, 0.3) is 5.91 Å². The maximum atomic E-state index is 12.4. The van der Waals surface area contributed by atoms with E-state index in [0.29, 0.717) is 6.54 Å². The van der Waals surface area contributed by atoms with Crippen LogP contribution in [-0.2, 0) is 16.1 Å². The number of anilines is 1. The minimum Gasteiger partial charge on any atom is -0.435 e. The van der Waals surface area contributed by atoms with Crippen LogP contribution in [0.25, 0.3) is 0 Å². The molecule has 0 aliphatic rings. The van der Waals surface area contributed by atoms with Gasteiger partial charge in [-0.2, -0.15) is 8.78 Å². The molecule has 3 N–H and O–H groups in total. The Balaban J connectivity index is 1.83. The summed E-state index contributed by atoms with van der Waals surface area (Å²) in [6.07, 6.45) is 0. The lowest BCUT2D eigenvalue weighted by Gasteiger charge is -2.21. The first-order chi connectivity index (χ1) is 14.2. The van der Waals surface area contributed by atoms with Gasteiger partial charge in [0, 0.05) is 11.3 Å². The molecule has 2 aromatic carbocycles. The molecule has 0 spiro atoms. The Kier molecular flexibility index (Phi) is 8.29. The van der Waals surface area contributed by atoms with Crippen LogP contribution >= 0.6 is 0 Å². The van der Waals surface area contributed by atoms with Gasteiger partial charge in [0.05, 0.1) is 13.6 Å². The summed E-state index contributed by atoms with van der Waals surface area (Å²) < 4.78 is 28.8. The SMILES string of the molecule is Cc1cccc(C)c1NC(=O)CNC(=O)[C@H](C)[NH+](C)Cc1ccc(OC(F)F)cc1. The normalized spacial score (nSPS) is 12.9. The number of benzene rings is 2. The second-order valence-electron chi connectivity index (χ2n) is 7.30. The van der Waals surface area contributed by atoms with E-state index in [1.54, 1.807) is 19.1 Å². The van der Waals surface area contributed by atoms with Crippen molar-refractivity contribution < 1.29 is 28.0 Å². The van der Waals surface area contributed by atoms with E-state index in [9.17, 15) is 18.4 Å². The third-order valence-electron chi connectivity index (χ3n) is 4.93. The number of amides is 2. The van der Waals surface area contributed by atoms with Gasteiger partial charge in [-0.1, -0.05) is 18.2 Å². The number of para-hydroxylation sites is 1. The molecule has 30 heavy (non-hydrogen) atoms. The number of rotatable bonds is 9. The first kappa shape index (κ1) is 23.3. The van der Waals surface area contributed by atoms with Crippen molar-refractivity contribution in [2.24, 2.45) is 0 Å². The number of ether oxygens (including phenoxy) is 1. The predicted octanol–water partition coefficient (Wildman–Crippen LogP) is 2.06. The number of likely N-dealkylation sites (N-methyl/N-ethyl adjacent to an activating group) is 1. The molecule has 1 unspecified atom stereocenters. The van der Waals surface area contributed by atoms with Gasteiger partial charge in [-0.15, -0.1) is 0 Å². The molecule has 0 bridgehead atoms. The number of quaternary nitrogens is 1. The molecule has 2 rings (SSSR count). The molecule has 162 valence electrons. The van der Waals surface area contributed by atoms with Gasteiger partial charge < -0.3 is 20.3 Å². The molecule has 0 aromatic heterocycles. The molecular formula is C22H28F2N3O3+. The summed E-state index contributed by atoms with van der Waals surface area (Å²) in [5.74, 6) is -0.450. The summed E-state index contributed by atoms with van der Waals surface area (Å²) in [6, 6.07) is 11.6. The lowest BCUT2D eigenvalue weighted by molar-refractivity contribution is -0.908. The van der Waals surface area contributed by atoms with Crippen molar-refractivity contribution in [2.45, 2.75) is 40.0 Å². The smallest absolute Gasteiger partial charge is 0.387 e. The highest BCUT2D eigenvalue weighted by molar-refractivity contribution is 5.96. The zero-order valence-corrected chi connectivity index (χ0v) is 17.6. The largest absolute Gasteiger partial charge is 0.435 e. The molecule has 0 heterocycles. The molecule has 2 aromatic rings. The van der Waals surface area contributed by atoms with Crippen LogP contribution in [0.2, 0.25) is 0 Å².